The molecule has 3 heterocycles. The van der Waals surface area contributed by atoms with Gasteiger partial charge in [-0.05, 0) is 12.1 Å². The van der Waals surface area contributed by atoms with Gasteiger partial charge in [-0.15, -0.1) is 0 Å². The molecular formula is C18H15N3O3. The number of hydrogen-bond acceptors (Lipinski definition) is 3. The zero-order chi connectivity index (χ0) is 16.5. The average molecular weight is 321 g/mol. The number of nitrogens with one attached hydrogen (secondary N) is 2. The van der Waals surface area contributed by atoms with Gasteiger partial charge in [0.15, 0.2) is 11.4 Å². The van der Waals surface area contributed by atoms with Crippen LogP contribution in [-0.4, -0.2) is 21.1 Å². The number of fused-ring (bicyclic) bond motifs is 2. The van der Waals surface area contributed by atoms with Crippen molar-refractivity contribution in [3.8, 4) is 16.9 Å². The van der Waals surface area contributed by atoms with Crippen molar-refractivity contribution < 1.29 is 9.53 Å². The number of para-hydroxylation sites is 1. The number of aromatic amines is 1. The van der Waals surface area contributed by atoms with Crippen LogP contribution in [0.3, 0.4) is 0 Å². The number of anilines is 1. The number of nitrogens with zero attached hydrogens (tertiary/aromatic N) is 1. The highest BCUT2D eigenvalue weighted by Crippen LogP contribution is 2.50. The van der Waals surface area contributed by atoms with Crippen molar-refractivity contribution in [2.75, 3.05) is 5.32 Å². The maximum Gasteiger partial charge on any atom is 0.274 e. The van der Waals surface area contributed by atoms with Crippen LogP contribution >= 0.6 is 0 Å². The minimum Gasteiger partial charge on any atom is -0.475 e. The van der Waals surface area contributed by atoms with Crippen molar-refractivity contribution in [1.82, 2.24) is 9.55 Å². The lowest BCUT2D eigenvalue weighted by molar-refractivity contribution is -0.125. The molecule has 5 rings (SSSR count). The number of aromatic nitrogens is 2. The van der Waals surface area contributed by atoms with Crippen LogP contribution in [0.2, 0.25) is 0 Å². The van der Waals surface area contributed by atoms with E-state index in [4.69, 9.17) is 4.74 Å². The summed E-state index contributed by atoms with van der Waals surface area (Å²) in [5.41, 5.74) is 2.23. The molecule has 0 atom stereocenters. The monoisotopic (exact) mass is 321 g/mol. The minimum absolute atomic E-state index is 0.0700. The van der Waals surface area contributed by atoms with Gasteiger partial charge in [0.05, 0.1) is 5.69 Å². The highest BCUT2D eigenvalue weighted by Gasteiger charge is 2.55. The number of carbonyl (C=O) groups is 1. The Balaban J connectivity index is 1.79. The Bertz CT molecular complexity index is 1070. The highest BCUT2D eigenvalue weighted by atomic mass is 16.5. The van der Waals surface area contributed by atoms with Gasteiger partial charge in [-0.1, -0.05) is 12.1 Å². The summed E-state index contributed by atoms with van der Waals surface area (Å²) < 4.78 is 7.67. The van der Waals surface area contributed by atoms with Gasteiger partial charge in [0.1, 0.15) is 5.52 Å². The summed E-state index contributed by atoms with van der Waals surface area (Å²) in [4.78, 5) is 27.4. The number of carbonyl (C=O) groups excluding carboxylic acids is 1. The summed E-state index contributed by atoms with van der Waals surface area (Å²) in [5.74, 6) is 0.607. The lowest BCUT2D eigenvalue weighted by Crippen LogP contribution is -2.39. The lowest BCUT2D eigenvalue weighted by Gasteiger charge is -2.27. The third kappa shape index (κ3) is 1.65. The van der Waals surface area contributed by atoms with Crippen LogP contribution in [0, 0.1) is 0 Å². The van der Waals surface area contributed by atoms with E-state index in [0.717, 1.165) is 29.4 Å². The maximum absolute atomic E-state index is 12.3. The molecule has 120 valence electrons. The number of benzene rings is 1. The molecule has 2 aliphatic rings. The molecular weight excluding hydrogens is 306 g/mol. The second-order valence-electron chi connectivity index (χ2n) is 6.46. The molecule has 3 aromatic rings. The molecule has 1 aliphatic heterocycles. The van der Waals surface area contributed by atoms with Crippen molar-refractivity contribution in [3.63, 3.8) is 0 Å². The number of H-pyrrole nitrogens is 1. The number of pyridine rings is 1. The van der Waals surface area contributed by atoms with E-state index in [-0.39, 0.29) is 11.5 Å². The molecule has 1 amide bonds. The molecule has 24 heavy (non-hydrogen) atoms. The van der Waals surface area contributed by atoms with Crippen molar-refractivity contribution in [1.29, 1.82) is 0 Å². The minimum atomic E-state index is -0.707. The largest absolute Gasteiger partial charge is 0.475 e. The van der Waals surface area contributed by atoms with Crippen molar-refractivity contribution in [3.05, 3.63) is 47.0 Å². The van der Waals surface area contributed by atoms with Crippen LogP contribution in [0.4, 0.5) is 5.69 Å². The van der Waals surface area contributed by atoms with Crippen molar-refractivity contribution >= 4 is 22.5 Å². The van der Waals surface area contributed by atoms with Crippen LogP contribution in [0.1, 0.15) is 12.8 Å². The first-order valence-corrected chi connectivity index (χ1v) is 7.90. The van der Waals surface area contributed by atoms with Crippen molar-refractivity contribution in [2.24, 2.45) is 7.05 Å². The third-order valence-corrected chi connectivity index (χ3v) is 4.86. The Hall–Kier alpha value is -3.02. The first kappa shape index (κ1) is 13.4. The summed E-state index contributed by atoms with van der Waals surface area (Å²) in [6.07, 6.45) is 5.04. The van der Waals surface area contributed by atoms with E-state index in [1.165, 1.54) is 0 Å². The fourth-order valence-electron chi connectivity index (χ4n) is 3.36. The maximum atomic E-state index is 12.3. The molecule has 2 aromatic heterocycles. The third-order valence-electron chi connectivity index (χ3n) is 4.86. The van der Waals surface area contributed by atoms with Crippen LogP contribution in [-0.2, 0) is 11.8 Å². The molecule has 1 fully saturated rings. The Kier molecular flexibility index (Phi) is 2.40. The van der Waals surface area contributed by atoms with E-state index >= 15 is 0 Å². The Morgan fingerprint density at radius 1 is 1.17 bits per heavy atom. The first-order valence-electron chi connectivity index (χ1n) is 7.90. The summed E-state index contributed by atoms with van der Waals surface area (Å²) >= 11 is 0. The molecule has 0 bridgehead atoms. The topological polar surface area (TPSA) is 76.1 Å². The van der Waals surface area contributed by atoms with Gasteiger partial charge in [0.25, 0.3) is 11.5 Å². The first-order chi connectivity index (χ1) is 11.6. The fourth-order valence-corrected chi connectivity index (χ4v) is 3.36. The van der Waals surface area contributed by atoms with E-state index in [0.29, 0.717) is 17.0 Å². The Labute approximate surface area is 137 Å². The van der Waals surface area contributed by atoms with Crippen molar-refractivity contribution in [2.45, 2.75) is 18.4 Å². The van der Waals surface area contributed by atoms with Crippen LogP contribution in [0.5, 0.6) is 5.75 Å². The van der Waals surface area contributed by atoms with E-state index in [1.54, 1.807) is 17.8 Å². The molecule has 6 heteroatoms. The molecule has 1 aromatic carbocycles. The number of aryl methyl sites for hydroxylation is 1. The molecule has 2 N–H and O–H groups in total. The zero-order valence-corrected chi connectivity index (χ0v) is 13.1. The van der Waals surface area contributed by atoms with Gasteiger partial charge in [-0.3, -0.25) is 9.59 Å². The normalized spacial score (nSPS) is 17.5. The summed E-state index contributed by atoms with van der Waals surface area (Å²) in [5, 5.41) is 3.79. The van der Waals surface area contributed by atoms with Gasteiger partial charge in [0, 0.05) is 48.8 Å². The molecule has 0 unspecified atom stereocenters. The number of hydrogen-bond donors (Lipinski definition) is 2. The molecule has 0 radical (unpaired) electrons. The molecule has 0 saturated heterocycles. The van der Waals surface area contributed by atoms with Crippen LogP contribution in [0.15, 0.2) is 41.5 Å². The van der Waals surface area contributed by atoms with Gasteiger partial charge in [0.2, 0.25) is 0 Å². The number of rotatable bonds is 1. The standard InChI is InChI=1S/C18H15N3O3/c1-21-9-12(10-5-8-19-14(10)16(21)22)11-3-2-4-13-15(11)24-18(6-7-18)17(23)20-13/h2-5,8-9,19H,6-7H2,1H3,(H,20,23). The predicted molar refractivity (Wildman–Crippen MR) is 90.2 cm³/mol. The van der Waals surface area contributed by atoms with Gasteiger partial charge in [-0.25, -0.2) is 0 Å². The summed E-state index contributed by atoms with van der Waals surface area (Å²) in [6, 6.07) is 7.56. The molecule has 6 nitrogen and oxygen atoms in total. The smallest absolute Gasteiger partial charge is 0.274 e. The second-order valence-corrected chi connectivity index (χ2v) is 6.46. The second kappa shape index (κ2) is 4.29. The van der Waals surface area contributed by atoms with E-state index < -0.39 is 5.60 Å². The molecule has 1 spiro atoms. The fraction of sp³-hybridized carbons (Fsp3) is 0.222. The number of amides is 1. The van der Waals surface area contributed by atoms with Gasteiger partial charge >= 0.3 is 0 Å². The average Bonchev–Trinajstić information content (AvgIpc) is 3.17. The molecule has 1 aliphatic carbocycles. The molecule has 1 saturated carbocycles. The quantitative estimate of drug-likeness (QED) is 0.722. The predicted octanol–water partition coefficient (Wildman–Crippen LogP) is 2.40. The zero-order valence-electron chi connectivity index (χ0n) is 13.1. The summed E-state index contributed by atoms with van der Waals surface area (Å²) in [6.45, 7) is 0. The number of ether oxygens (including phenoxy) is 1. The van der Waals surface area contributed by atoms with E-state index in [9.17, 15) is 9.59 Å². The Morgan fingerprint density at radius 2 is 2.00 bits per heavy atom. The SMILES string of the molecule is Cn1cc(-c2cccc3c2OC2(CC2)C(=O)N3)c2cc[nH]c2c1=O. The van der Waals surface area contributed by atoms with Crippen LogP contribution < -0.4 is 15.6 Å². The van der Waals surface area contributed by atoms with Gasteiger partial charge in [-0.2, -0.15) is 0 Å². The van der Waals surface area contributed by atoms with Crippen LogP contribution in [0.25, 0.3) is 22.0 Å². The highest BCUT2D eigenvalue weighted by molar-refractivity contribution is 6.05. The van der Waals surface area contributed by atoms with E-state index in [1.807, 2.05) is 30.5 Å². The lowest BCUT2D eigenvalue weighted by atomic mass is 10.0. The van der Waals surface area contributed by atoms with E-state index in [2.05, 4.69) is 10.3 Å². The summed E-state index contributed by atoms with van der Waals surface area (Å²) in [7, 11) is 1.73. The Morgan fingerprint density at radius 3 is 2.79 bits per heavy atom. The van der Waals surface area contributed by atoms with Gasteiger partial charge < -0.3 is 19.6 Å².